The lowest BCUT2D eigenvalue weighted by atomic mass is 10.1. The van der Waals surface area contributed by atoms with Crippen molar-refractivity contribution in [2.45, 2.75) is 20.4 Å². The van der Waals surface area contributed by atoms with E-state index in [0.717, 1.165) is 16.7 Å². The second-order valence-electron chi connectivity index (χ2n) is 5.26. The number of carbonyl (C=O) groups excluding carboxylic acids is 1. The van der Waals surface area contributed by atoms with Gasteiger partial charge in [-0.2, -0.15) is 0 Å². The fourth-order valence-corrected chi connectivity index (χ4v) is 2.58. The van der Waals surface area contributed by atoms with Crippen molar-refractivity contribution in [1.29, 1.82) is 0 Å². The molecule has 0 spiro atoms. The monoisotopic (exact) mass is 282 g/mol. The summed E-state index contributed by atoms with van der Waals surface area (Å²) in [7, 11) is 2.04. The van der Waals surface area contributed by atoms with Gasteiger partial charge in [-0.1, -0.05) is 0 Å². The third-order valence-electron chi connectivity index (χ3n) is 4.07. The van der Waals surface area contributed by atoms with Gasteiger partial charge in [-0.25, -0.2) is 0 Å². The average Bonchev–Trinajstić information content (AvgIpc) is 3.09. The van der Waals surface area contributed by atoms with E-state index >= 15 is 0 Å². The molecule has 2 aromatic heterocycles. The molecular weight excluding hydrogens is 264 g/mol. The Hall–Kier alpha value is -2.49. The van der Waals surface area contributed by atoms with E-state index in [1.807, 2.05) is 37.4 Å². The number of furan rings is 1. The molecule has 108 valence electrons. The summed E-state index contributed by atoms with van der Waals surface area (Å²) in [5, 5.41) is 3.99. The standard InChI is InChI=1S/C17H18N2O2/c1-11-12(2)19(3)16-7-6-13(9-15(11)16)17(20)18-10-14-5-4-8-21-14/h4-9H,10H2,1-3H3,(H,18,20). The van der Waals surface area contributed by atoms with Gasteiger partial charge in [-0.15, -0.1) is 0 Å². The summed E-state index contributed by atoms with van der Waals surface area (Å²) in [4.78, 5) is 12.2. The number of nitrogens with one attached hydrogen (secondary N) is 1. The first-order chi connectivity index (χ1) is 10.1. The van der Waals surface area contributed by atoms with Gasteiger partial charge in [-0.05, 0) is 49.7 Å². The third-order valence-corrected chi connectivity index (χ3v) is 4.07. The van der Waals surface area contributed by atoms with E-state index in [-0.39, 0.29) is 5.91 Å². The predicted octanol–water partition coefficient (Wildman–Crippen LogP) is 3.32. The van der Waals surface area contributed by atoms with Crippen molar-refractivity contribution >= 4 is 16.8 Å². The largest absolute Gasteiger partial charge is 0.467 e. The minimum absolute atomic E-state index is 0.0887. The zero-order valence-corrected chi connectivity index (χ0v) is 12.4. The Morgan fingerprint density at radius 2 is 2.10 bits per heavy atom. The highest BCUT2D eigenvalue weighted by Crippen LogP contribution is 2.25. The van der Waals surface area contributed by atoms with Gasteiger partial charge in [-0.3, -0.25) is 4.79 Å². The first-order valence-electron chi connectivity index (χ1n) is 6.94. The summed E-state index contributed by atoms with van der Waals surface area (Å²) in [6.07, 6.45) is 1.60. The number of hydrogen-bond acceptors (Lipinski definition) is 2. The smallest absolute Gasteiger partial charge is 0.251 e. The summed E-state index contributed by atoms with van der Waals surface area (Å²) >= 11 is 0. The molecule has 0 saturated heterocycles. The number of nitrogens with zero attached hydrogens (tertiary/aromatic N) is 1. The van der Waals surface area contributed by atoms with E-state index < -0.39 is 0 Å². The van der Waals surface area contributed by atoms with E-state index in [1.165, 1.54) is 11.3 Å². The number of carbonyl (C=O) groups is 1. The summed E-state index contributed by atoms with van der Waals surface area (Å²) in [6.45, 7) is 4.57. The third kappa shape index (κ3) is 2.33. The highest BCUT2D eigenvalue weighted by atomic mass is 16.3. The number of rotatable bonds is 3. The molecule has 0 bridgehead atoms. The van der Waals surface area contributed by atoms with Gasteiger partial charge in [0, 0.05) is 29.2 Å². The maximum atomic E-state index is 12.2. The molecule has 1 N–H and O–H groups in total. The summed E-state index contributed by atoms with van der Waals surface area (Å²) in [6, 6.07) is 9.46. The van der Waals surface area contributed by atoms with Crippen LogP contribution in [0.2, 0.25) is 0 Å². The summed E-state index contributed by atoms with van der Waals surface area (Å²) in [5.74, 6) is 0.658. The Labute approximate surface area is 123 Å². The Bertz CT molecular complexity index is 798. The van der Waals surface area contributed by atoms with Crippen molar-refractivity contribution in [2.75, 3.05) is 0 Å². The molecule has 0 saturated carbocycles. The van der Waals surface area contributed by atoms with Crippen LogP contribution < -0.4 is 5.32 Å². The minimum atomic E-state index is -0.0887. The van der Waals surface area contributed by atoms with Crippen LogP contribution in [0, 0.1) is 13.8 Å². The number of fused-ring (bicyclic) bond motifs is 1. The second-order valence-corrected chi connectivity index (χ2v) is 5.26. The fourth-order valence-electron chi connectivity index (χ4n) is 2.58. The number of hydrogen-bond donors (Lipinski definition) is 1. The number of amides is 1. The van der Waals surface area contributed by atoms with Crippen molar-refractivity contribution in [2.24, 2.45) is 7.05 Å². The summed E-state index contributed by atoms with van der Waals surface area (Å²) in [5.41, 5.74) is 4.25. The Morgan fingerprint density at radius 3 is 2.81 bits per heavy atom. The molecule has 1 amide bonds. The van der Waals surface area contributed by atoms with Crippen LogP contribution in [0.25, 0.3) is 10.9 Å². The van der Waals surface area contributed by atoms with E-state index in [9.17, 15) is 4.79 Å². The van der Waals surface area contributed by atoms with Gasteiger partial charge < -0.3 is 14.3 Å². The van der Waals surface area contributed by atoms with Gasteiger partial charge >= 0.3 is 0 Å². The summed E-state index contributed by atoms with van der Waals surface area (Å²) < 4.78 is 7.36. The molecule has 0 fully saturated rings. The van der Waals surface area contributed by atoms with Gasteiger partial charge in [0.25, 0.3) is 5.91 Å². The molecule has 4 heteroatoms. The molecule has 0 aliphatic carbocycles. The zero-order valence-electron chi connectivity index (χ0n) is 12.4. The molecule has 0 aliphatic heterocycles. The molecular formula is C17H18N2O2. The normalized spacial score (nSPS) is 11.0. The first kappa shape index (κ1) is 13.5. The van der Waals surface area contributed by atoms with Crippen molar-refractivity contribution < 1.29 is 9.21 Å². The van der Waals surface area contributed by atoms with Crippen LogP contribution in [0.3, 0.4) is 0 Å². The van der Waals surface area contributed by atoms with Gasteiger partial charge in [0.15, 0.2) is 0 Å². The lowest BCUT2D eigenvalue weighted by Gasteiger charge is -2.04. The van der Waals surface area contributed by atoms with Gasteiger partial charge in [0.1, 0.15) is 5.76 Å². The Morgan fingerprint density at radius 1 is 1.29 bits per heavy atom. The molecule has 3 rings (SSSR count). The van der Waals surface area contributed by atoms with Crippen LogP contribution in [-0.2, 0) is 13.6 Å². The minimum Gasteiger partial charge on any atom is -0.467 e. The van der Waals surface area contributed by atoms with Crippen LogP contribution in [0.1, 0.15) is 27.4 Å². The quantitative estimate of drug-likeness (QED) is 0.801. The van der Waals surface area contributed by atoms with Crippen molar-refractivity contribution in [3.63, 3.8) is 0 Å². The van der Waals surface area contributed by atoms with Crippen molar-refractivity contribution in [3.8, 4) is 0 Å². The number of aromatic nitrogens is 1. The van der Waals surface area contributed by atoms with Crippen LogP contribution in [0.15, 0.2) is 41.0 Å². The highest BCUT2D eigenvalue weighted by Gasteiger charge is 2.12. The van der Waals surface area contributed by atoms with Crippen LogP contribution in [0.4, 0.5) is 0 Å². The SMILES string of the molecule is Cc1c(C)n(C)c2ccc(C(=O)NCc3ccco3)cc12. The maximum absolute atomic E-state index is 12.2. The van der Waals surface area contributed by atoms with E-state index in [0.29, 0.717) is 12.1 Å². The Kier molecular flexibility index (Phi) is 3.29. The van der Waals surface area contributed by atoms with Crippen LogP contribution in [0.5, 0.6) is 0 Å². The fraction of sp³-hybridized carbons (Fsp3) is 0.235. The molecule has 0 atom stereocenters. The first-order valence-corrected chi connectivity index (χ1v) is 6.94. The molecule has 2 heterocycles. The average molecular weight is 282 g/mol. The van der Waals surface area contributed by atoms with E-state index in [1.54, 1.807) is 6.26 Å². The molecule has 0 aliphatic rings. The van der Waals surface area contributed by atoms with E-state index in [2.05, 4.69) is 23.7 Å². The second kappa shape index (κ2) is 5.13. The zero-order chi connectivity index (χ0) is 15.0. The molecule has 0 unspecified atom stereocenters. The lowest BCUT2D eigenvalue weighted by molar-refractivity contribution is 0.0948. The Balaban J connectivity index is 1.87. The number of aryl methyl sites for hydroxylation is 2. The highest BCUT2D eigenvalue weighted by molar-refractivity contribution is 5.99. The predicted molar refractivity (Wildman–Crippen MR) is 82.3 cm³/mol. The van der Waals surface area contributed by atoms with Crippen molar-refractivity contribution in [3.05, 3.63) is 59.2 Å². The van der Waals surface area contributed by atoms with Crippen molar-refractivity contribution in [1.82, 2.24) is 9.88 Å². The van der Waals surface area contributed by atoms with E-state index in [4.69, 9.17) is 4.42 Å². The molecule has 1 aromatic carbocycles. The lowest BCUT2D eigenvalue weighted by Crippen LogP contribution is -2.22. The van der Waals surface area contributed by atoms with Crippen LogP contribution >= 0.6 is 0 Å². The topological polar surface area (TPSA) is 47.2 Å². The van der Waals surface area contributed by atoms with Gasteiger partial charge in [0.05, 0.1) is 12.8 Å². The molecule has 3 aromatic rings. The van der Waals surface area contributed by atoms with Crippen LogP contribution in [-0.4, -0.2) is 10.5 Å². The molecule has 0 radical (unpaired) electrons. The maximum Gasteiger partial charge on any atom is 0.251 e. The number of benzene rings is 1. The molecule has 4 nitrogen and oxygen atoms in total. The molecule has 21 heavy (non-hydrogen) atoms. The van der Waals surface area contributed by atoms with Gasteiger partial charge in [0.2, 0.25) is 0 Å².